The smallest absolute Gasteiger partial charge is 0.478 e. The molecular weight excluding hydrogens is 445 g/mol. The molecule has 0 aromatic carbocycles. The van der Waals surface area contributed by atoms with Gasteiger partial charge in [-0.05, 0) is 26.2 Å². The van der Waals surface area contributed by atoms with Gasteiger partial charge in [-0.25, -0.2) is 8.42 Å². The highest BCUT2D eigenvalue weighted by Crippen LogP contribution is 2.48. The van der Waals surface area contributed by atoms with Crippen LogP contribution in [0.25, 0.3) is 0 Å². The molecule has 3 aliphatic rings. The minimum atomic E-state index is -3.86. The van der Waals surface area contributed by atoms with Crippen LogP contribution in [-0.2, 0) is 35.4 Å². The summed E-state index contributed by atoms with van der Waals surface area (Å²) >= 11 is 0. The van der Waals surface area contributed by atoms with Gasteiger partial charge in [0.2, 0.25) is 11.8 Å². The average Bonchev–Trinajstić information content (AvgIpc) is 3.27. The summed E-state index contributed by atoms with van der Waals surface area (Å²) in [6, 6.07) is -1.27. The Morgan fingerprint density at radius 2 is 2.16 bits per heavy atom. The molecule has 13 nitrogen and oxygen atoms in total. The summed E-state index contributed by atoms with van der Waals surface area (Å²) in [7, 11) is -5.31. The first-order chi connectivity index (χ1) is 15.0. The molecule has 174 valence electrons. The van der Waals surface area contributed by atoms with Gasteiger partial charge in [0, 0.05) is 12.7 Å². The molecule has 3 fully saturated rings. The fourth-order valence-corrected chi connectivity index (χ4v) is 7.15. The van der Waals surface area contributed by atoms with Crippen LogP contribution in [0.4, 0.5) is 0 Å². The van der Waals surface area contributed by atoms with Gasteiger partial charge >= 0.3 is 13.1 Å². The van der Waals surface area contributed by atoms with E-state index in [0.717, 1.165) is 4.90 Å². The van der Waals surface area contributed by atoms with Gasteiger partial charge in [-0.1, -0.05) is 5.21 Å². The molecule has 0 radical (unpaired) electrons. The monoisotopic (exact) mass is 469 g/mol. The normalized spacial score (nSPS) is 33.5. The number of hydrogen-bond acceptors (Lipinski definition) is 9. The van der Waals surface area contributed by atoms with Crippen molar-refractivity contribution in [1.82, 2.24) is 25.2 Å². The number of aromatic nitrogens is 3. The summed E-state index contributed by atoms with van der Waals surface area (Å²) in [5.41, 5.74) is 0. The van der Waals surface area contributed by atoms with Crippen molar-refractivity contribution in [3.63, 3.8) is 0 Å². The Morgan fingerprint density at radius 1 is 1.41 bits per heavy atom. The lowest BCUT2D eigenvalue weighted by molar-refractivity contribution is -0.150. The van der Waals surface area contributed by atoms with E-state index in [0.29, 0.717) is 6.42 Å². The van der Waals surface area contributed by atoms with Gasteiger partial charge in [0.1, 0.15) is 16.2 Å². The van der Waals surface area contributed by atoms with Crippen molar-refractivity contribution in [2.75, 3.05) is 0 Å². The third-order valence-corrected chi connectivity index (χ3v) is 9.41. The van der Waals surface area contributed by atoms with Gasteiger partial charge in [-0.3, -0.25) is 19.1 Å². The second-order valence-corrected chi connectivity index (χ2v) is 11.1. The molecule has 0 aliphatic carbocycles. The van der Waals surface area contributed by atoms with E-state index in [-0.39, 0.29) is 32.2 Å². The highest BCUT2D eigenvalue weighted by molar-refractivity contribution is 7.93. The summed E-state index contributed by atoms with van der Waals surface area (Å²) in [6.07, 6.45) is 2.47. The Morgan fingerprint density at radius 3 is 2.75 bits per heavy atom. The van der Waals surface area contributed by atoms with Gasteiger partial charge < -0.3 is 25.0 Å². The number of rotatable bonds is 7. The Hall–Kier alpha value is -2.52. The van der Waals surface area contributed by atoms with Crippen molar-refractivity contribution in [2.24, 2.45) is 0 Å². The standard InChI is InChI=1S/C17H24BN5O8S/c1-17(4-6-22-7-5-19-21-22)15(23-12(24)9-13(23)32(17,29)30)16(27)20-11-3-2-10(8-14(25)26)31-18(11)28/h5,7,10-11,13,15,28H,2-4,6,8-9H2,1H3,(H,20,27)(H,25,26)/t10-,11-,13+,15-,17-/m0/s1. The van der Waals surface area contributed by atoms with Gasteiger partial charge in [-0.15, -0.1) is 5.10 Å². The number of β-lactam (4-membered cyclic amide) rings is 1. The number of sulfone groups is 1. The van der Waals surface area contributed by atoms with E-state index in [1.807, 2.05) is 0 Å². The largest absolute Gasteiger partial charge is 0.481 e. The number of carbonyl (C=O) groups excluding carboxylic acids is 2. The molecule has 3 saturated heterocycles. The number of hydrogen-bond donors (Lipinski definition) is 3. The molecule has 3 aliphatic heterocycles. The maximum Gasteiger partial charge on any atom is 0.478 e. The molecule has 32 heavy (non-hydrogen) atoms. The van der Waals surface area contributed by atoms with Crippen molar-refractivity contribution >= 4 is 34.7 Å². The maximum atomic E-state index is 13.3. The van der Waals surface area contributed by atoms with Crippen molar-refractivity contribution < 1.29 is 37.6 Å². The first kappa shape index (κ1) is 22.7. The van der Waals surface area contributed by atoms with Crippen molar-refractivity contribution in [3.05, 3.63) is 12.4 Å². The molecule has 4 heterocycles. The fraction of sp³-hybridized carbons (Fsp3) is 0.706. The van der Waals surface area contributed by atoms with E-state index < -0.39 is 62.9 Å². The number of nitrogens with zero attached hydrogens (tertiary/aromatic N) is 4. The number of fused-ring (bicyclic) bond motifs is 1. The highest BCUT2D eigenvalue weighted by atomic mass is 32.2. The summed E-state index contributed by atoms with van der Waals surface area (Å²) in [5.74, 6) is -3.05. The van der Waals surface area contributed by atoms with Crippen molar-refractivity contribution in [3.8, 4) is 0 Å². The highest BCUT2D eigenvalue weighted by Gasteiger charge is 2.69. The Labute approximate surface area is 184 Å². The van der Waals surface area contributed by atoms with Crippen LogP contribution < -0.4 is 5.32 Å². The predicted molar refractivity (Wildman–Crippen MR) is 107 cm³/mol. The molecule has 1 aromatic rings. The molecule has 15 heteroatoms. The molecule has 0 unspecified atom stereocenters. The molecule has 1 aromatic heterocycles. The van der Waals surface area contributed by atoms with Crippen LogP contribution in [0.3, 0.4) is 0 Å². The van der Waals surface area contributed by atoms with Gasteiger partial charge in [0.25, 0.3) is 0 Å². The second-order valence-electron chi connectivity index (χ2n) is 8.58. The summed E-state index contributed by atoms with van der Waals surface area (Å²) < 4.78 is 31.7. The second kappa shape index (κ2) is 8.12. The number of aryl methyl sites for hydroxylation is 1. The molecule has 2 amide bonds. The first-order valence-corrected chi connectivity index (χ1v) is 11.8. The number of aliphatic carboxylic acids is 1. The van der Waals surface area contributed by atoms with E-state index in [1.165, 1.54) is 17.8 Å². The SMILES string of the molecule is C[C@]1(CCn2ccnn2)[C@H](C(=O)N[C@H]2CC[C@@H](CC(=O)O)OB2O)N2C(=O)C[C@H]2S1(=O)=O. The molecule has 5 atom stereocenters. The van der Waals surface area contributed by atoms with Crippen molar-refractivity contribution in [1.29, 1.82) is 0 Å². The van der Waals surface area contributed by atoms with Crippen LogP contribution in [0.2, 0.25) is 0 Å². The van der Waals surface area contributed by atoms with E-state index in [9.17, 15) is 27.8 Å². The van der Waals surface area contributed by atoms with Crippen LogP contribution in [0, 0.1) is 0 Å². The first-order valence-electron chi connectivity index (χ1n) is 10.3. The zero-order valence-electron chi connectivity index (χ0n) is 17.3. The lowest BCUT2D eigenvalue weighted by Gasteiger charge is -2.38. The average molecular weight is 469 g/mol. The maximum absolute atomic E-state index is 13.3. The van der Waals surface area contributed by atoms with Crippen LogP contribution >= 0.6 is 0 Å². The summed E-state index contributed by atoms with van der Waals surface area (Å²) in [4.78, 5) is 37.5. The van der Waals surface area contributed by atoms with Gasteiger partial charge in [0.05, 0.1) is 31.1 Å². The number of amides is 2. The Bertz CT molecular complexity index is 1020. The minimum absolute atomic E-state index is 0.0292. The Balaban J connectivity index is 1.52. The third-order valence-electron chi connectivity index (χ3n) is 6.58. The van der Waals surface area contributed by atoms with Crippen LogP contribution in [-0.4, -0.2) is 91.6 Å². The number of carboxylic acid groups (broad SMARTS) is 1. The van der Waals surface area contributed by atoms with Gasteiger partial charge in [-0.2, -0.15) is 0 Å². The van der Waals surface area contributed by atoms with E-state index in [2.05, 4.69) is 15.6 Å². The number of nitrogens with one attached hydrogen (secondary N) is 1. The van der Waals surface area contributed by atoms with Gasteiger partial charge in [0.15, 0.2) is 9.84 Å². The fourth-order valence-electron chi connectivity index (χ4n) is 4.72. The zero-order chi connectivity index (χ0) is 23.3. The van der Waals surface area contributed by atoms with Crippen molar-refractivity contribution in [2.45, 2.75) is 73.8 Å². The molecule has 4 rings (SSSR count). The number of carboxylic acids is 1. The number of carbonyl (C=O) groups is 3. The van der Waals surface area contributed by atoms with E-state index in [1.54, 1.807) is 6.20 Å². The Kier molecular flexibility index (Phi) is 5.75. The molecule has 0 bridgehead atoms. The summed E-state index contributed by atoms with van der Waals surface area (Å²) in [5, 5.41) is 28.2. The lowest BCUT2D eigenvalue weighted by atomic mass is 9.72. The predicted octanol–water partition coefficient (Wildman–Crippen LogP) is -2.06. The third kappa shape index (κ3) is 3.67. The summed E-state index contributed by atoms with van der Waals surface area (Å²) in [6.45, 7) is 1.63. The van der Waals surface area contributed by atoms with E-state index >= 15 is 0 Å². The zero-order valence-corrected chi connectivity index (χ0v) is 18.1. The molecule has 0 spiro atoms. The molecule has 3 N–H and O–H groups in total. The molecular formula is C17H24BN5O8S. The molecule has 0 saturated carbocycles. The minimum Gasteiger partial charge on any atom is -0.481 e. The topological polar surface area (TPSA) is 181 Å². The van der Waals surface area contributed by atoms with Crippen LogP contribution in [0.5, 0.6) is 0 Å². The quantitative estimate of drug-likeness (QED) is 0.297. The van der Waals surface area contributed by atoms with Crippen LogP contribution in [0.1, 0.15) is 39.0 Å². The van der Waals surface area contributed by atoms with E-state index in [4.69, 9.17) is 9.76 Å². The lowest BCUT2D eigenvalue weighted by Crippen LogP contribution is -2.63. The van der Waals surface area contributed by atoms with Crippen LogP contribution in [0.15, 0.2) is 12.4 Å².